The first-order chi connectivity index (χ1) is 9.66. The van der Waals surface area contributed by atoms with Gasteiger partial charge in [-0.15, -0.1) is 0 Å². The summed E-state index contributed by atoms with van der Waals surface area (Å²) in [6.45, 7) is 1.66. The Bertz CT molecular complexity index is 417. The van der Waals surface area contributed by atoms with Crippen LogP contribution in [0.3, 0.4) is 0 Å². The maximum Gasteiger partial charge on any atom is 0.220 e. The summed E-state index contributed by atoms with van der Waals surface area (Å²) >= 11 is 0. The van der Waals surface area contributed by atoms with Crippen molar-refractivity contribution in [3.63, 3.8) is 0 Å². The number of benzene rings is 1. The highest BCUT2D eigenvalue weighted by molar-refractivity contribution is 5.75. The summed E-state index contributed by atoms with van der Waals surface area (Å²) in [4.78, 5) is 14.1. The van der Waals surface area contributed by atoms with Gasteiger partial charge in [0.15, 0.2) is 0 Å². The Morgan fingerprint density at radius 3 is 2.75 bits per heavy atom. The minimum Gasteiger partial charge on any atom is -0.355 e. The van der Waals surface area contributed by atoms with Gasteiger partial charge in [-0.1, -0.05) is 30.3 Å². The lowest BCUT2D eigenvalue weighted by atomic mass is 10.0. The molecular formula is C16H25N3O. The highest BCUT2D eigenvalue weighted by atomic mass is 16.1. The lowest BCUT2D eigenvalue weighted by molar-refractivity contribution is -0.121. The highest BCUT2D eigenvalue weighted by Crippen LogP contribution is 2.24. The molecule has 1 aliphatic rings. The third kappa shape index (κ3) is 4.94. The molecule has 4 heteroatoms. The number of carbonyl (C=O) groups excluding carboxylic acids is 1. The molecule has 4 nitrogen and oxygen atoms in total. The van der Waals surface area contributed by atoms with Crippen LogP contribution >= 0.6 is 0 Å². The fourth-order valence-corrected chi connectivity index (χ4v) is 2.31. The second-order valence-electron chi connectivity index (χ2n) is 5.62. The smallest absolute Gasteiger partial charge is 0.220 e. The van der Waals surface area contributed by atoms with Crippen LogP contribution in [-0.4, -0.2) is 37.0 Å². The van der Waals surface area contributed by atoms with Gasteiger partial charge in [-0.25, -0.2) is 0 Å². The Kier molecular flexibility index (Phi) is 5.56. The zero-order chi connectivity index (χ0) is 14.4. The number of nitrogens with two attached hydrogens (primary N) is 1. The summed E-state index contributed by atoms with van der Waals surface area (Å²) in [6, 6.07) is 10.6. The van der Waals surface area contributed by atoms with Crippen LogP contribution in [0.1, 0.15) is 37.3 Å². The van der Waals surface area contributed by atoms with Crippen molar-refractivity contribution in [1.82, 2.24) is 10.2 Å². The lowest BCUT2D eigenvalue weighted by Gasteiger charge is -2.16. The Morgan fingerprint density at radius 2 is 2.10 bits per heavy atom. The summed E-state index contributed by atoms with van der Waals surface area (Å²) < 4.78 is 0. The first kappa shape index (κ1) is 15.0. The molecule has 0 radical (unpaired) electrons. The third-order valence-corrected chi connectivity index (χ3v) is 3.87. The van der Waals surface area contributed by atoms with Crippen LogP contribution in [0.4, 0.5) is 0 Å². The van der Waals surface area contributed by atoms with Gasteiger partial charge in [0.2, 0.25) is 5.91 Å². The summed E-state index contributed by atoms with van der Waals surface area (Å²) in [6.07, 6.45) is 3.78. The molecule has 0 heterocycles. The van der Waals surface area contributed by atoms with Gasteiger partial charge in [0.1, 0.15) is 0 Å². The molecule has 1 atom stereocenters. The second-order valence-corrected chi connectivity index (χ2v) is 5.62. The number of carbonyl (C=O) groups is 1. The molecule has 0 spiro atoms. The number of nitrogens with one attached hydrogen (secondary N) is 1. The molecule has 0 aromatic heterocycles. The molecule has 1 fully saturated rings. The minimum atomic E-state index is -0.0592. The average Bonchev–Trinajstić information content (AvgIpc) is 3.30. The van der Waals surface area contributed by atoms with Crippen molar-refractivity contribution in [2.45, 2.75) is 37.8 Å². The van der Waals surface area contributed by atoms with Crippen LogP contribution in [0.25, 0.3) is 0 Å². The van der Waals surface area contributed by atoms with Gasteiger partial charge in [0, 0.05) is 31.6 Å². The zero-order valence-corrected chi connectivity index (χ0v) is 12.2. The maximum absolute atomic E-state index is 11.8. The first-order valence-corrected chi connectivity index (χ1v) is 7.44. The van der Waals surface area contributed by atoms with Crippen molar-refractivity contribution >= 4 is 5.91 Å². The van der Waals surface area contributed by atoms with E-state index in [0.29, 0.717) is 12.8 Å². The summed E-state index contributed by atoms with van der Waals surface area (Å²) in [7, 11) is 2.12. The molecule has 0 saturated heterocycles. The Hall–Kier alpha value is -1.39. The molecule has 1 aromatic rings. The molecule has 0 bridgehead atoms. The van der Waals surface area contributed by atoms with Crippen molar-refractivity contribution in [3.8, 4) is 0 Å². The second kappa shape index (κ2) is 7.41. The van der Waals surface area contributed by atoms with E-state index in [1.165, 1.54) is 12.8 Å². The molecule has 110 valence electrons. The van der Waals surface area contributed by atoms with Gasteiger partial charge in [-0.2, -0.15) is 0 Å². The molecular weight excluding hydrogens is 250 g/mol. The number of hydrogen-bond donors (Lipinski definition) is 2. The van der Waals surface area contributed by atoms with Crippen LogP contribution in [0.15, 0.2) is 30.3 Å². The molecule has 1 unspecified atom stereocenters. The lowest BCUT2D eigenvalue weighted by Crippen LogP contribution is -2.34. The fourth-order valence-electron chi connectivity index (χ4n) is 2.31. The monoisotopic (exact) mass is 275 g/mol. The topological polar surface area (TPSA) is 58.4 Å². The Balaban J connectivity index is 1.59. The molecule has 1 aromatic carbocycles. The van der Waals surface area contributed by atoms with Crippen molar-refractivity contribution < 1.29 is 4.79 Å². The van der Waals surface area contributed by atoms with E-state index < -0.39 is 0 Å². The number of likely N-dealkylation sites (N-methyl/N-ethyl adjacent to an activating group) is 1. The van der Waals surface area contributed by atoms with Crippen molar-refractivity contribution in [2.75, 3.05) is 20.1 Å². The maximum atomic E-state index is 11.8. The zero-order valence-electron chi connectivity index (χ0n) is 12.2. The highest BCUT2D eigenvalue weighted by Gasteiger charge is 2.25. The quantitative estimate of drug-likeness (QED) is 0.759. The largest absolute Gasteiger partial charge is 0.355 e. The van der Waals surface area contributed by atoms with Gasteiger partial charge < -0.3 is 16.0 Å². The summed E-state index contributed by atoms with van der Waals surface area (Å²) in [5.41, 5.74) is 7.17. The fraction of sp³-hybridized carbons (Fsp3) is 0.562. The SMILES string of the molecule is CN(CCNC(=O)CCC(N)c1ccccc1)C1CC1. The average molecular weight is 275 g/mol. The van der Waals surface area contributed by atoms with Gasteiger partial charge in [-0.3, -0.25) is 4.79 Å². The molecule has 2 rings (SSSR count). The van der Waals surface area contributed by atoms with Crippen molar-refractivity contribution in [1.29, 1.82) is 0 Å². The van der Waals surface area contributed by atoms with Crippen molar-refractivity contribution in [3.05, 3.63) is 35.9 Å². The van der Waals surface area contributed by atoms with E-state index in [-0.39, 0.29) is 11.9 Å². The minimum absolute atomic E-state index is 0.0592. The van der Waals surface area contributed by atoms with Crippen LogP contribution in [0.5, 0.6) is 0 Å². The Labute approximate surface area is 121 Å². The van der Waals surface area contributed by atoms with E-state index in [2.05, 4.69) is 17.3 Å². The van der Waals surface area contributed by atoms with E-state index in [0.717, 1.165) is 24.7 Å². The van der Waals surface area contributed by atoms with Crippen molar-refractivity contribution in [2.24, 2.45) is 5.73 Å². The number of rotatable bonds is 8. The van der Waals surface area contributed by atoms with Gasteiger partial charge >= 0.3 is 0 Å². The van der Waals surface area contributed by atoms with Gasteiger partial charge in [0.25, 0.3) is 0 Å². The van der Waals surface area contributed by atoms with Crippen LogP contribution < -0.4 is 11.1 Å². The Morgan fingerprint density at radius 1 is 1.40 bits per heavy atom. The van der Waals surface area contributed by atoms with E-state index in [9.17, 15) is 4.79 Å². The standard InChI is InChI=1S/C16H25N3O/c1-19(14-7-8-14)12-11-18-16(20)10-9-15(17)13-5-3-2-4-6-13/h2-6,14-15H,7-12,17H2,1H3,(H,18,20). The molecule has 1 amide bonds. The van der Waals surface area contributed by atoms with E-state index in [1.54, 1.807) is 0 Å². The molecule has 20 heavy (non-hydrogen) atoms. The van der Waals surface area contributed by atoms with E-state index >= 15 is 0 Å². The van der Waals surface area contributed by atoms with E-state index in [4.69, 9.17) is 5.73 Å². The first-order valence-electron chi connectivity index (χ1n) is 7.44. The number of amides is 1. The van der Waals surface area contributed by atoms with Crippen LogP contribution in [-0.2, 0) is 4.79 Å². The van der Waals surface area contributed by atoms with Gasteiger partial charge in [-0.05, 0) is 31.9 Å². The third-order valence-electron chi connectivity index (χ3n) is 3.87. The van der Waals surface area contributed by atoms with Gasteiger partial charge in [0.05, 0.1) is 0 Å². The molecule has 3 N–H and O–H groups in total. The van der Waals surface area contributed by atoms with E-state index in [1.807, 2.05) is 30.3 Å². The van der Waals surface area contributed by atoms with Crippen LogP contribution in [0, 0.1) is 0 Å². The summed E-state index contributed by atoms with van der Waals surface area (Å²) in [5.74, 6) is 0.0978. The molecule has 0 aliphatic heterocycles. The number of hydrogen-bond acceptors (Lipinski definition) is 3. The van der Waals surface area contributed by atoms with Crippen LogP contribution in [0.2, 0.25) is 0 Å². The normalized spacial score (nSPS) is 16.1. The molecule has 1 saturated carbocycles. The predicted molar refractivity (Wildman–Crippen MR) is 81.3 cm³/mol. The number of nitrogens with zero attached hydrogens (tertiary/aromatic N) is 1. The summed E-state index contributed by atoms with van der Waals surface area (Å²) in [5, 5.41) is 2.97. The molecule has 1 aliphatic carbocycles. The predicted octanol–water partition coefficient (Wildman–Crippen LogP) is 1.68.